The maximum Gasteiger partial charge on any atom is 0.170 e. The molecule has 0 saturated carbocycles. The lowest BCUT2D eigenvalue weighted by atomic mass is 10.1. The van der Waals surface area contributed by atoms with Gasteiger partial charge in [0, 0.05) is 35.8 Å². The van der Waals surface area contributed by atoms with Crippen LogP contribution in [0.15, 0.2) is 35.6 Å². The molecular weight excluding hydrogens is 266 g/mol. The molecule has 3 rings (SSSR count). The van der Waals surface area contributed by atoms with Gasteiger partial charge in [-0.25, -0.2) is 0 Å². The van der Waals surface area contributed by atoms with Crippen molar-refractivity contribution in [3.8, 4) is 0 Å². The third kappa shape index (κ3) is 3.03. The second kappa shape index (κ2) is 6.18. The molecule has 1 saturated heterocycles. The van der Waals surface area contributed by atoms with Gasteiger partial charge in [-0.1, -0.05) is 5.16 Å². The SMILES string of the molecule is N/C(=N/O)c1ccc2c(ccn2CCCC2CCCO2)c1. The second-order valence-electron chi connectivity index (χ2n) is 5.55. The molecule has 5 nitrogen and oxygen atoms in total. The van der Waals surface area contributed by atoms with E-state index in [1.54, 1.807) is 0 Å². The van der Waals surface area contributed by atoms with Gasteiger partial charge >= 0.3 is 0 Å². The summed E-state index contributed by atoms with van der Waals surface area (Å²) in [6.45, 7) is 1.92. The number of fused-ring (bicyclic) bond motifs is 1. The van der Waals surface area contributed by atoms with Crippen LogP contribution in [0.3, 0.4) is 0 Å². The highest BCUT2D eigenvalue weighted by atomic mass is 16.5. The minimum Gasteiger partial charge on any atom is -0.409 e. The minimum absolute atomic E-state index is 0.142. The normalized spacial score (nSPS) is 19.4. The Kier molecular flexibility index (Phi) is 4.10. The van der Waals surface area contributed by atoms with E-state index in [9.17, 15) is 0 Å². The quantitative estimate of drug-likeness (QED) is 0.384. The van der Waals surface area contributed by atoms with Crippen molar-refractivity contribution in [1.29, 1.82) is 0 Å². The average molecular weight is 287 g/mol. The Morgan fingerprint density at radius 2 is 2.33 bits per heavy atom. The summed E-state index contributed by atoms with van der Waals surface area (Å²) in [6, 6.07) is 7.92. The lowest BCUT2D eigenvalue weighted by molar-refractivity contribution is 0.101. The van der Waals surface area contributed by atoms with E-state index in [0.29, 0.717) is 6.10 Å². The molecule has 1 aromatic heterocycles. The number of benzene rings is 1. The number of amidine groups is 1. The summed E-state index contributed by atoms with van der Waals surface area (Å²) in [6.07, 6.45) is 7.21. The Hall–Kier alpha value is -2.01. The first-order valence-corrected chi connectivity index (χ1v) is 7.46. The lowest BCUT2D eigenvalue weighted by Gasteiger charge is -2.10. The Balaban J connectivity index is 1.68. The maximum absolute atomic E-state index is 8.73. The zero-order valence-electron chi connectivity index (χ0n) is 12.0. The van der Waals surface area contributed by atoms with Crippen LogP contribution in [0.5, 0.6) is 0 Å². The van der Waals surface area contributed by atoms with E-state index in [2.05, 4.69) is 22.0 Å². The summed E-state index contributed by atoms with van der Waals surface area (Å²) in [4.78, 5) is 0. The van der Waals surface area contributed by atoms with Crippen molar-refractivity contribution in [3.05, 3.63) is 36.0 Å². The third-order valence-corrected chi connectivity index (χ3v) is 4.12. The molecule has 0 amide bonds. The van der Waals surface area contributed by atoms with Crippen LogP contribution in [0.4, 0.5) is 0 Å². The van der Waals surface area contributed by atoms with Gasteiger partial charge in [-0.3, -0.25) is 0 Å². The number of aryl methyl sites for hydroxylation is 1. The van der Waals surface area contributed by atoms with Crippen molar-refractivity contribution in [2.75, 3.05) is 6.61 Å². The highest BCUT2D eigenvalue weighted by Crippen LogP contribution is 2.20. The predicted octanol–water partition coefficient (Wildman–Crippen LogP) is 2.70. The molecule has 21 heavy (non-hydrogen) atoms. The molecule has 2 heterocycles. The molecule has 1 aliphatic heterocycles. The van der Waals surface area contributed by atoms with Gasteiger partial charge < -0.3 is 20.2 Å². The van der Waals surface area contributed by atoms with Crippen LogP contribution in [0.25, 0.3) is 10.9 Å². The van der Waals surface area contributed by atoms with Gasteiger partial charge in [0.25, 0.3) is 0 Å². The molecule has 1 unspecified atom stereocenters. The lowest BCUT2D eigenvalue weighted by Crippen LogP contribution is -2.12. The second-order valence-corrected chi connectivity index (χ2v) is 5.55. The van der Waals surface area contributed by atoms with Crippen LogP contribution in [0, 0.1) is 0 Å². The molecule has 2 aromatic rings. The first-order chi connectivity index (χ1) is 10.3. The molecule has 1 aromatic carbocycles. The van der Waals surface area contributed by atoms with Crippen molar-refractivity contribution in [2.45, 2.75) is 38.3 Å². The van der Waals surface area contributed by atoms with Gasteiger partial charge in [0.1, 0.15) is 0 Å². The number of ether oxygens (including phenoxy) is 1. The van der Waals surface area contributed by atoms with Crippen LogP contribution in [0.1, 0.15) is 31.2 Å². The molecule has 112 valence electrons. The van der Waals surface area contributed by atoms with Crippen LogP contribution < -0.4 is 5.73 Å². The van der Waals surface area contributed by atoms with Crippen molar-refractivity contribution in [2.24, 2.45) is 10.9 Å². The van der Waals surface area contributed by atoms with Gasteiger partial charge in [0.15, 0.2) is 5.84 Å². The molecule has 0 spiro atoms. The first-order valence-electron chi connectivity index (χ1n) is 7.46. The number of rotatable bonds is 5. The van der Waals surface area contributed by atoms with E-state index in [1.807, 2.05) is 18.2 Å². The van der Waals surface area contributed by atoms with Gasteiger partial charge in [-0.2, -0.15) is 0 Å². The molecular formula is C16H21N3O2. The third-order valence-electron chi connectivity index (χ3n) is 4.12. The zero-order valence-corrected chi connectivity index (χ0v) is 12.0. The van der Waals surface area contributed by atoms with Crippen molar-refractivity contribution < 1.29 is 9.94 Å². The largest absolute Gasteiger partial charge is 0.409 e. The van der Waals surface area contributed by atoms with Crippen molar-refractivity contribution >= 4 is 16.7 Å². The van der Waals surface area contributed by atoms with E-state index in [4.69, 9.17) is 15.7 Å². The summed E-state index contributed by atoms with van der Waals surface area (Å²) in [5, 5.41) is 12.9. The van der Waals surface area contributed by atoms with Crippen LogP contribution >= 0.6 is 0 Å². The molecule has 5 heteroatoms. The summed E-state index contributed by atoms with van der Waals surface area (Å²) < 4.78 is 7.90. The smallest absolute Gasteiger partial charge is 0.170 e. The Bertz CT molecular complexity index is 642. The molecule has 1 atom stereocenters. The fourth-order valence-corrected chi connectivity index (χ4v) is 2.97. The van der Waals surface area contributed by atoms with E-state index in [-0.39, 0.29) is 5.84 Å². The van der Waals surface area contributed by atoms with Gasteiger partial charge in [0.2, 0.25) is 0 Å². The summed E-state index contributed by atoms with van der Waals surface area (Å²) in [5.41, 5.74) is 7.54. The molecule has 0 bridgehead atoms. The average Bonchev–Trinajstić information content (AvgIpc) is 3.16. The van der Waals surface area contributed by atoms with Crippen LogP contribution in [-0.4, -0.2) is 28.3 Å². The van der Waals surface area contributed by atoms with E-state index >= 15 is 0 Å². The minimum atomic E-state index is 0.142. The maximum atomic E-state index is 8.73. The highest BCUT2D eigenvalue weighted by molar-refractivity contribution is 6.00. The fourth-order valence-electron chi connectivity index (χ4n) is 2.97. The van der Waals surface area contributed by atoms with Gasteiger partial charge in [0.05, 0.1) is 6.10 Å². The van der Waals surface area contributed by atoms with Crippen molar-refractivity contribution in [1.82, 2.24) is 4.57 Å². The fraction of sp³-hybridized carbons (Fsp3) is 0.438. The molecule has 3 N–H and O–H groups in total. The Morgan fingerprint density at radius 1 is 1.43 bits per heavy atom. The molecule has 0 radical (unpaired) electrons. The Labute approximate surface area is 124 Å². The standard InChI is InChI=1S/C16H21N3O2/c17-16(18-20)13-5-6-15-12(11-13)7-9-19(15)8-1-3-14-4-2-10-21-14/h5-7,9,11,14,20H,1-4,8,10H2,(H2,17,18). The number of nitrogens with two attached hydrogens (primary N) is 1. The van der Waals surface area contributed by atoms with Crippen molar-refractivity contribution in [3.63, 3.8) is 0 Å². The van der Waals surface area contributed by atoms with E-state index in [0.717, 1.165) is 36.9 Å². The number of hydrogen-bond acceptors (Lipinski definition) is 3. The number of nitrogens with zero attached hydrogens (tertiary/aromatic N) is 2. The Morgan fingerprint density at radius 3 is 3.10 bits per heavy atom. The summed E-state index contributed by atoms with van der Waals surface area (Å²) in [7, 11) is 0. The number of aromatic nitrogens is 1. The van der Waals surface area contributed by atoms with Crippen LogP contribution in [-0.2, 0) is 11.3 Å². The summed E-state index contributed by atoms with van der Waals surface area (Å²) >= 11 is 0. The van der Waals surface area contributed by atoms with E-state index < -0.39 is 0 Å². The van der Waals surface area contributed by atoms with Gasteiger partial charge in [-0.05, 0) is 49.9 Å². The first kappa shape index (κ1) is 13.9. The van der Waals surface area contributed by atoms with E-state index in [1.165, 1.54) is 18.4 Å². The number of hydrogen-bond donors (Lipinski definition) is 2. The predicted molar refractivity (Wildman–Crippen MR) is 82.7 cm³/mol. The summed E-state index contributed by atoms with van der Waals surface area (Å²) in [5.74, 6) is 0.142. The van der Waals surface area contributed by atoms with Gasteiger partial charge in [-0.15, -0.1) is 0 Å². The van der Waals surface area contributed by atoms with Crippen LogP contribution in [0.2, 0.25) is 0 Å². The topological polar surface area (TPSA) is 72.8 Å². The molecule has 1 aliphatic rings. The highest BCUT2D eigenvalue weighted by Gasteiger charge is 2.14. The zero-order chi connectivity index (χ0) is 14.7. The molecule has 0 aliphatic carbocycles. The number of oxime groups is 1. The molecule has 1 fully saturated rings. The monoisotopic (exact) mass is 287 g/mol.